The van der Waals surface area contributed by atoms with Crippen LogP contribution in [0.5, 0.6) is 0 Å². The van der Waals surface area contributed by atoms with Crippen LogP contribution in [0.2, 0.25) is 5.02 Å². The SMILES string of the molecule is Cc1coc(CC(=O)O)c1C(=O)NCC1(c2ccccc2Cl)CCOCC1. The van der Waals surface area contributed by atoms with Crippen LogP contribution in [0, 0.1) is 6.92 Å². The Bertz CT molecular complexity index is 839. The smallest absolute Gasteiger partial charge is 0.311 e. The molecule has 7 heteroatoms. The van der Waals surface area contributed by atoms with Gasteiger partial charge >= 0.3 is 5.97 Å². The second-order valence-electron chi connectivity index (χ2n) is 6.84. The number of hydrogen-bond acceptors (Lipinski definition) is 4. The van der Waals surface area contributed by atoms with E-state index < -0.39 is 5.97 Å². The molecule has 3 rings (SSSR count). The van der Waals surface area contributed by atoms with Crippen LogP contribution in [0.15, 0.2) is 34.9 Å². The summed E-state index contributed by atoms with van der Waals surface area (Å²) in [6.07, 6.45) is 2.55. The predicted octanol–water partition coefficient (Wildman–Crippen LogP) is 3.35. The summed E-state index contributed by atoms with van der Waals surface area (Å²) in [6, 6.07) is 7.65. The zero-order valence-electron chi connectivity index (χ0n) is 15.1. The highest BCUT2D eigenvalue weighted by atomic mass is 35.5. The Kier molecular flexibility index (Phi) is 5.87. The van der Waals surface area contributed by atoms with E-state index in [1.807, 2.05) is 24.3 Å². The Hall–Kier alpha value is -2.31. The van der Waals surface area contributed by atoms with Gasteiger partial charge in [0.25, 0.3) is 5.91 Å². The molecule has 1 aromatic carbocycles. The first-order chi connectivity index (χ1) is 12.9. The van der Waals surface area contributed by atoms with E-state index in [2.05, 4.69) is 5.32 Å². The fourth-order valence-electron chi connectivity index (χ4n) is 3.60. The molecule has 0 bridgehead atoms. The molecule has 2 N–H and O–H groups in total. The van der Waals surface area contributed by atoms with Crippen molar-refractivity contribution in [3.8, 4) is 0 Å². The number of rotatable bonds is 6. The second kappa shape index (κ2) is 8.15. The Labute approximate surface area is 162 Å². The molecule has 2 heterocycles. The summed E-state index contributed by atoms with van der Waals surface area (Å²) in [5.41, 5.74) is 1.57. The highest BCUT2D eigenvalue weighted by Crippen LogP contribution is 2.38. The standard InChI is InChI=1S/C20H22ClNO5/c1-13-11-27-16(10-17(23)24)18(13)19(25)22-12-20(6-8-26-9-7-20)14-4-2-3-5-15(14)21/h2-5,11H,6-10,12H2,1H3,(H,22,25)(H,23,24). The number of carbonyl (C=O) groups excluding carboxylic acids is 1. The number of halogens is 1. The van der Waals surface area contributed by atoms with E-state index >= 15 is 0 Å². The van der Waals surface area contributed by atoms with Gasteiger partial charge < -0.3 is 19.6 Å². The van der Waals surface area contributed by atoms with Gasteiger partial charge in [0.05, 0.1) is 11.8 Å². The molecule has 0 aliphatic carbocycles. The summed E-state index contributed by atoms with van der Waals surface area (Å²) in [5.74, 6) is -1.22. The molecule has 0 radical (unpaired) electrons. The minimum absolute atomic E-state index is 0.163. The first kappa shape index (κ1) is 19.5. The molecule has 1 saturated heterocycles. The summed E-state index contributed by atoms with van der Waals surface area (Å²) in [5, 5.41) is 12.7. The van der Waals surface area contributed by atoms with Crippen LogP contribution in [0.3, 0.4) is 0 Å². The molecule has 0 spiro atoms. The topological polar surface area (TPSA) is 88.8 Å². The molecule has 0 saturated carbocycles. The van der Waals surface area contributed by atoms with Crippen molar-refractivity contribution in [3.63, 3.8) is 0 Å². The number of carbonyl (C=O) groups is 2. The molecule has 144 valence electrons. The Morgan fingerprint density at radius 3 is 2.63 bits per heavy atom. The number of benzene rings is 1. The summed E-state index contributed by atoms with van der Waals surface area (Å²) >= 11 is 6.44. The predicted molar refractivity (Wildman–Crippen MR) is 100 cm³/mol. The maximum Gasteiger partial charge on any atom is 0.311 e. The Morgan fingerprint density at radius 2 is 1.96 bits per heavy atom. The van der Waals surface area contributed by atoms with Crippen molar-refractivity contribution in [2.75, 3.05) is 19.8 Å². The van der Waals surface area contributed by atoms with E-state index in [0.717, 1.165) is 18.4 Å². The molecule has 1 aliphatic rings. The van der Waals surface area contributed by atoms with Crippen LogP contribution < -0.4 is 5.32 Å². The molecule has 6 nitrogen and oxygen atoms in total. The number of aryl methyl sites for hydroxylation is 1. The molecular formula is C20H22ClNO5. The number of amides is 1. The summed E-state index contributed by atoms with van der Waals surface area (Å²) in [7, 11) is 0. The third-order valence-corrected chi connectivity index (χ3v) is 5.40. The van der Waals surface area contributed by atoms with Crippen molar-refractivity contribution in [2.45, 2.75) is 31.6 Å². The van der Waals surface area contributed by atoms with Gasteiger partial charge in [-0.1, -0.05) is 29.8 Å². The maximum absolute atomic E-state index is 12.8. The third-order valence-electron chi connectivity index (χ3n) is 5.07. The van der Waals surface area contributed by atoms with Crippen LogP contribution >= 0.6 is 11.6 Å². The quantitative estimate of drug-likeness (QED) is 0.788. The zero-order chi connectivity index (χ0) is 19.4. The average Bonchev–Trinajstić information content (AvgIpc) is 3.00. The lowest BCUT2D eigenvalue weighted by Crippen LogP contribution is -2.45. The summed E-state index contributed by atoms with van der Waals surface area (Å²) in [6.45, 7) is 3.30. The molecule has 0 unspecified atom stereocenters. The summed E-state index contributed by atoms with van der Waals surface area (Å²) < 4.78 is 10.8. The Morgan fingerprint density at radius 1 is 1.26 bits per heavy atom. The van der Waals surface area contributed by atoms with Crippen molar-refractivity contribution in [3.05, 3.63) is 58.0 Å². The number of nitrogens with one attached hydrogen (secondary N) is 1. The van der Waals surface area contributed by atoms with E-state index in [-0.39, 0.29) is 23.5 Å². The normalized spacial score (nSPS) is 16.1. The van der Waals surface area contributed by atoms with E-state index in [0.29, 0.717) is 35.9 Å². The second-order valence-corrected chi connectivity index (χ2v) is 7.25. The minimum Gasteiger partial charge on any atom is -0.481 e. The number of ether oxygens (including phenoxy) is 1. The fourth-order valence-corrected chi connectivity index (χ4v) is 3.94. The highest BCUT2D eigenvalue weighted by molar-refractivity contribution is 6.31. The number of carboxylic acids is 1. The highest BCUT2D eigenvalue weighted by Gasteiger charge is 2.36. The van der Waals surface area contributed by atoms with Gasteiger partial charge in [0.15, 0.2) is 0 Å². The molecule has 27 heavy (non-hydrogen) atoms. The fraction of sp³-hybridized carbons (Fsp3) is 0.400. The maximum atomic E-state index is 12.8. The first-order valence-corrected chi connectivity index (χ1v) is 9.20. The largest absolute Gasteiger partial charge is 0.481 e. The van der Waals surface area contributed by atoms with Gasteiger partial charge in [-0.05, 0) is 31.4 Å². The lowest BCUT2D eigenvalue weighted by Gasteiger charge is -2.38. The van der Waals surface area contributed by atoms with E-state index in [1.165, 1.54) is 6.26 Å². The van der Waals surface area contributed by atoms with Crippen LogP contribution in [0.25, 0.3) is 0 Å². The van der Waals surface area contributed by atoms with Gasteiger partial charge in [-0.2, -0.15) is 0 Å². The van der Waals surface area contributed by atoms with Crippen molar-refractivity contribution in [2.24, 2.45) is 0 Å². The van der Waals surface area contributed by atoms with Gasteiger partial charge in [-0.15, -0.1) is 0 Å². The van der Waals surface area contributed by atoms with E-state index in [4.69, 9.17) is 25.9 Å². The molecule has 1 fully saturated rings. The third kappa shape index (κ3) is 4.17. The lowest BCUT2D eigenvalue weighted by molar-refractivity contribution is -0.136. The van der Waals surface area contributed by atoms with Crippen molar-refractivity contribution >= 4 is 23.5 Å². The summed E-state index contributed by atoms with van der Waals surface area (Å²) in [4.78, 5) is 23.8. The number of hydrogen-bond donors (Lipinski definition) is 2. The van der Waals surface area contributed by atoms with E-state index in [9.17, 15) is 9.59 Å². The van der Waals surface area contributed by atoms with Crippen LogP contribution in [0.1, 0.15) is 40.1 Å². The van der Waals surface area contributed by atoms with Crippen molar-refractivity contribution in [1.82, 2.24) is 5.32 Å². The van der Waals surface area contributed by atoms with Crippen LogP contribution in [-0.2, 0) is 21.4 Å². The molecule has 1 amide bonds. The molecular weight excluding hydrogens is 370 g/mol. The van der Waals surface area contributed by atoms with Crippen molar-refractivity contribution < 1.29 is 23.8 Å². The number of aliphatic carboxylic acids is 1. The molecule has 1 aliphatic heterocycles. The average molecular weight is 392 g/mol. The van der Waals surface area contributed by atoms with Gasteiger partial charge in [0.1, 0.15) is 12.2 Å². The zero-order valence-corrected chi connectivity index (χ0v) is 15.8. The first-order valence-electron chi connectivity index (χ1n) is 8.83. The number of carboxylic acid groups (broad SMARTS) is 1. The van der Waals surface area contributed by atoms with Gasteiger partial charge in [0.2, 0.25) is 0 Å². The monoisotopic (exact) mass is 391 g/mol. The Balaban J connectivity index is 1.83. The number of furan rings is 1. The van der Waals surface area contributed by atoms with Gasteiger partial charge in [0, 0.05) is 35.8 Å². The minimum atomic E-state index is -1.05. The lowest BCUT2D eigenvalue weighted by atomic mass is 9.74. The van der Waals surface area contributed by atoms with Crippen LogP contribution in [-0.4, -0.2) is 36.7 Å². The van der Waals surface area contributed by atoms with Gasteiger partial charge in [-0.3, -0.25) is 9.59 Å². The van der Waals surface area contributed by atoms with Gasteiger partial charge in [-0.25, -0.2) is 0 Å². The van der Waals surface area contributed by atoms with Crippen molar-refractivity contribution in [1.29, 1.82) is 0 Å². The molecule has 1 aromatic heterocycles. The molecule has 0 atom stereocenters. The van der Waals surface area contributed by atoms with E-state index in [1.54, 1.807) is 6.92 Å². The molecule has 2 aromatic rings. The van der Waals surface area contributed by atoms with Crippen LogP contribution in [0.4, 0.5) is 0 Å².